The Hall–Kier alpha value is -2.97. The van der Waals surface area contributed by atoms with Crippen LogP contribution < -0.4 is 11.0 Å². The van der Waals surface area contributed by atoms with Gasteiger partial charge in [-0.15, -0.1) is 5.10 Å². The maximum absolute atomic E-state index is 12.1. The van der Waals surface area contributed by atoms with Crippen molar-refractivity contribution in [3.63, 3.8) is 0 Å². The number of carbonyl (C=O) groups excluding carboxylic acids is 2. The van der Waals surface area contributed by atoms with Gasteiger partial charge in [-0.25, -0.2) is 14.3 Å². The van der Waals surface area contributed by atoms with E-state index in [2.05, 4.69) is 20.1 Å². The van der Waals surface area contributed by atoms with E-state index in [9.17, 15) is 14.4 Å². The second kappa shape index (κ2) is 7.34. The number of nitrogens with zero attached hydrogens (tertiary/aromatic N) is 4. The fourth-order valence-electron chi connectivity index (χ4n) is 1.92. The summed E-state index contributed by atoms with van der Waals surface area (Å²) in [7, 11) is 1.60. The van der Waals surface area contributed by atoms with E-state index in [0.29, 0.717) is 11.4 Å². The molecule has 1 amide bonds. The van der Waals surface area contributed by atoms with Crippen LogP contribution in [0, 0.1) is 0 Å². The Morgan fingerprint density at radius 2 is 2.17 bits per heavy atom. The Morgan fingerprint density at radius 3 is 2.83 bits per heavy atom. The molecule has 1 N–H and O–H groups in total. The van der Waals surface area contributed by atoms with Crippen molar-refractivity contribution < 1.29 is 14.3 Å². The number of pyridine rings is 1. The van der Waals surface area contributed by atoms with Gasteiger partial charge in [0.2, 0.25) is 0 Å². The lowest BCUT2D eigenvalue weighted by molar-refractivity contribution is -0.154. The Morgan fingerprint density at radius 1 is 1.39 bits per heavy atom. The third-order valence-electron chi connectivity index (χ3n) is 3.03. The van der Waals surface area contributed by atoms with Crippen molar-refractivity contribution in [3.05, 3.63) is 35.0 Å². The number of hydrogen-bond acceptors (Lipinski definition) is 6. The first-order valence-corrected chi connectivity index (χ1v) is 7.03. The predicted molar refractivity (Wildman–Crippen MR) is 80.3 cm³/mol. The van der Waals surface area contributed by atoms with Crippen molar-refractivity contribution in [1.82, 2.24) is 24.6 Å². The van der Waals surface area contributed by atoms with Gasteiger partial charge in [0.15, 0.2) is 5.82 Å². The van der Waals surface area contributed by atoms with Gasteiger partial charge in [0.05, 0.1) is 13.2 Å². The summed E-state index contributed by atoms with van der Waals surface area (Å²) in [5, 5.41) is 6.59. The van der Waals surface area contributed by atoms with Crippen LogP contribution in [0.2, 0.25) is 0 Å². The van der Waals surface area contributed by atoms with Gasteiger partial charge in [-0.3, -0.25) is 14.3 Å². The van der Waals surface area contributed by atoms with Crippen molar-refractivity contribution in [2.45, 2.75) is 13.5 Å². The van der Waals surface area contributed by atoms with E-state index >= 15 is 0 Å². The molecule has 2 aromatic rings. The van der Waals surface area contributed by atoms with Gasteiger partial charge in [-0.1, -0.05) is 0 Å². The summed E-state index contributed by atoms with van der Waals surface area (Å²) in [5.41, 5.74) is 0.385. The normalized spacial score (nSPS) is 10.3. The molecule has 0 aliphatic heterocycles. The second-order valence-corrected chi connectivity index (χ2v) is 4.61. The maximum Gasteiger partial charge on any atom is 0.396 e. The van der Waals surface area contributed by atoms with Crippen LogP contribution in [0.1, 0.15) is 6.92 Å². The molecule has 0 saturated carbocycles. The number of nitrogens with one attached hydrogen (secondary N) is 1. The van der Waals surface area contributed by atoms with E-state index in [1.807, 2.05) is 0 Å². The van der Waals surface area contributed by atoms with Gasteiger partial charge in [0.1, 0.15) is 0 Å². The number of carbonyl (C=O) groups is 2. The molecule has 122 valence electrons. The molecule has 2 heterocycles. The molecule has 2 aromatic heterocycles. The highest BCUT2D eigenvalue weighted by Gasteiger charge is 2.15. The summed E-state index contributed by atoms with van der Waals surface area (Å²) in [5.74, 6) is -1.32. The molecule has 0 aromatic carbocycles. The number of ether oxygens (including phenoxy) is 1. The molecule has 0 radical (unpaired) electrons. The van der Waals surface area contributed by atoms with Crippen LogP contribution in [0.5, 0.6) is 0 Å². The average molecular weight is 319 g/mol. The fourth-order valence-corrected chi connectivity index (χ4v) is 1.92. The first kappa shape index (κ1) is 16.4. The second-order valence-electron chi connectivity index (χ2n) is 4.61. The van der Waals surface area contributed by atoms with E-state index in [1.165, 1.54) is 9.25 Å². The molecule has 0 unspecified atom stereocenters. The summed E-state index contributed by atoms with van der Waals surface area (Å²) >= 11 is 0. The summed E-state index contributed by atoms with van der Waals surface area (Å²) < 4.78 is 7.17. The first-order valence-electron chi connectivity index (χ1n) is 7.03. The molecule has 0 saturated heterocycles. The quantitative estimate of drug-likeness (QED) is 0.578. The van der Waals surface area contributed by atoms with E-state index in [4.69, 9.17) is 0 Å². The van der Waals surface area contributed by atoms with Crippen molar-refractivity contribution in [2.24, 2.45) is 7.05 Å². The third-order valence-corrected chi connectivity index (χ3v) is 3.03. The topological polar surface area (TPSA) is 108 Å². The molecular formula is C14H17N5O4. The highest BCUT2D eigenvalue weighted by Crippen LogP contribution is 2.12. The number of amides is 1. The zero-order chi connectivity index (χ0) is 16.8. The van der Waals surface area contributed by atoms with E-state index in [1.54, 1.807) is 38.5 Å². The van der Waals surface area contributed by atoms with Crippen molar-refractivity contribution in [2.75, 3.05) is 13.2 Å². The minimum absolute atomic E-state index is 0.0844. The Balaban J connectivity index is 2.03. The number of aromatic nitrogens is 4. The van der Waals surface area contributed by atoms with E-state index < -0.39 is 11.9 Å². The molecule has 9 nitrogen and oxygen atoms in total. The lowest BCUT2D eigenvalue weighted by Gasteiger charge is -2.03. The summed E-state index contributed by atoms with van der Waals surface area (Å²) in [4.78, 5) is 38.7. The maximum atomic E-state index is 12.1. The Bertz CT molecular complexity index is 750. The van der Waals surface area contributed by atoms with Gasteiger partial charge in [0.25, 0.3) is 0 Å². The number of esters is 1. The zero-order valence-corrected chi connectivity index (χ0v) is 12.9. The number of rotatable bonds is 5. The molecule has 9 heteroatoms. The van der Waals surface area contributed by atoms with Crippen molar-refractivity contribution in [3.8, 4) is 11.4 Å². The van der Waals surface area contributed by atoms with Gasteiger partial charge >= 0.3 is 17.6 Å². The van der Waals surface area contributed by atoms with Gasteiger partial charge < -0.3 is 10.1 Å². The lowest BCUT2D eigenvalue weighted by Crippen LogP contribution is -2.36. The monoisotopic (exact) mass is 319 g/mol. The summed E-state index contributed by atoms with van der Waals surface area (Å²) in [6.45, 7) is 1.96. The predicted octanol–water partition coefficient (Wildman–Crippen LogP) is -0.677. The van der Waals surface area contributed by atoms with Crippen LogP contribution in [-0.4, -0.2) is 44.4 Å². The third kappa shape index (κ3) is 3.82. The summed E-state index contributed by atoms with van der Waals surface area (Å²) in [6.07, 6.45) is 3.23. The van der Waals surface area contributed by atoms with Crippen LogP contribution in [-0.2, 0) is 27.9 Å². The first-order chi connectivity index (χ1) is 11.0. The Labute approximate surface area is 131 Å². The average Bonchev–Trinajstić information content (AvgIpc) is 2.84. The molecule has 0 fully saturated rings. The van der Waals surface area contributed by atoms with Crippen LogP contribution in [0.3, 0.4) is 0 Å². The van der Waals surface area contributed by atoms with Gasteiger partial charge in [-0.2, -0.15) is 0 Å². The highest BCUT2D eigenvalue weighted by molar-refractivity contribution is 6.32. The van der Waals surface area contributed by atoms with Gasteiger partial charge in [0, 0.05) is 31.5 Å². The Kier molecular flexibility index (Phi) is 5.23. The molecule has 0 spiro atoms. The summed E-state index contributed by atoms with van der Waals surface area (Å²) in [6, 6.07) is 3.54. The molecule has 0 aliphatic rings. The fraction of sp³-hybridized carbons (Fsp3) is 0.357. The SMILES string of the molecule is CCOC(=O)C(=O)NCCn1nc(-c2cccnc2)n(C)c1=O. The molecule has 0 bridgehead atoms. The molecule has 0 atom stereocenters. The van der Waals surface area contributed by atoms with Crippen molar-refractivity contribution >= 4 is 11.9 Å². The number of hydrogen-bond donors (Lipinski definition) is 1. The lowest BCUT2D eigenvalue weighted by atomic mass is 10.3. The van der Waals surface area contributed by atoms with Crippen LogP contribution >= 0.6 is 0 Å². The van der Waals surface area contributed by atoms with Crippen LogP contribution in [0.4, 0.5) is 0 Å². The molecular weight excluding hydrogens is 302 g/mol. The van der Waals surface area contributed by atoms with Crippen LogP contribution in [0.15, 0.2) is 29.3 Å². The molecule has 2 rings (SSSR count). The minimum Gasteiger partial charge on any atom is -0.459 e. The van der Waals surface area contributed by atoms with Crippen LogP contribution in [0.25, 0.3) is 11.4 Å². The van der Waals surface area contributed by atoms with E-state index in [-0.39, 0.29) is 25.4 Å². The zero-order valence-electron chi connectivity index (χ0n) is 12.9. The smallest absolute Gasteiger partial charge is 0.396 e. The minimum atomic E-state index is -0.947. The molecule has 23 heavy (non-hydrogen) atoms. The largest absolute Gasteiger partial charge is 0.459 e. The highest BCUT2D eigenvalue weighted by atomic mass is 16.5. The standard InChI is InChI=1S/C14H17N5O4/c1-3-23-13(21)12(20)16-7-8-19-14(22)18(2)11(17-19)10-5-4-6-15-9-10/h4-6,9H,3,7-8H2,1-2H3,(H,16,20). The van der Waals surface area contributed by atoms with Gasteiger partial charge in [-0.05, 0) is 19.1 Å². The molecule has 0 aliphatic carbocycles. The van der Waals surface area contributed by atoms with E-state index in [0.717, 1.165) is 0 Å². The van der Waals surface area contributed by atoms with Crippen molar-refractivity contribution in [1.29, 1.82) is 0 Å².